The molecule has 0 unspecified atom stereocenters. The maximum atomic E-state index is 13.2. The average Bonchev–Trinajstić information content (AvgIpc) is 2.73. The van der Waals surface area contributed by atoms with Crippen LogP contribution in [0.2, 0.25) is 0 Å². The van der Waals surface area contributed by atoms with Crippen molar-refractivity contribution in [2.24, 2.45) is 0 Å². The van der Waals surface area contributed by atoms with Crippen LogP contribution in [0.4, 0.5) is 4.39 Å². The molecule has 1 atom stereocenters. The molecule has 1 aliphatic rings. The molecule has 0 radical (unpaired) electrons. The van der Waals surface area contributed by atoms with E-state index in [9.17, 15) is 4.39 Å². The minimum atomic E-state index is -0.163. The molecule has 4 heteroatoms. The molecule has 1 fully saturated rings. The summed E-state index contributed by atoms with van der Waals surface area (Å²) in [7, 11) is 0. The number of aromatic nitrogens is 2. The summed E-state index contributed by atoms with van der Waals surface area (Å²) in [6.45, 7) is 6.12. The number of rotatable bonds is 3. The topological polar surface area (TPSA) is 21.1 Å². The number of halogens is 1. The molecular weight excluding hydrogens is 241 g/mol. The van der Waals surface area contributed by atoms with Gasteiger partial charge in [0.1, 0.15) is 5.82 Å². The van der Waals surface area contributed by atoms with E-state index in [4.69, 9.17) is 0 Å². The van der Waals surface area contributed by atoms with Gasteiger partial charge in [0.2, 0.25) is 0 Å². The molecule has 100 valence electrons. The fourth-order valence-electron chi connectivity index (χ4n) is 2.58. The first kappa shape index (κ1) is 12.4. The number of aryl methyl sites for hydroxylation is 1. The summed E-state index contributed by atoms with van der Waals surface area (Å²) >= 11 is 0. The average molecular weight is 259 g/mol. The molecule has 1 aromatic carbocycles. The molecule has 19 heavy (non-hydrogen) atoms. The second-order valence-corrected chi connectivity index (χ2v) is 5.34. The van der Waals surface area contributed by atoms with Crippen molar-refractivity contribution < 1.29 is 4.39 Å². The first-order chi connectivity index (χ1) is 9.13. The van der Waals surface area contributed by atoms with Crippen molar-refractivity contribution in [3.63, 3.8) is 0 Å². The Balaban J connectivity index is 1.64. The van der Waals surface area contributed by atoms with Gasteiger partial charge in [0, 0.05) is 25.3 Å². The second-order valence-electron chi connectivity index (χ2n) is 5.34. The van der Waals surface area contributed by atoms with Crippen LogP contribution in [0, 0.1) is 12.7 Å². The largest absolute Gasteiger partial charge is 0.292 e. The zero-order valence-electron chi connectivity index (χ0n) is 11.3. The smallest absolute Gasteiger partial charge is 0.123 e. The summed E-state index contributed by atoms with van der Waals surface area (Å²) in [4.78, 5) is 2.34. The van der Waals surface area contributed by atoms with Crippen molar-refractivity contribution in [1.29, 1.82) is 0 Å². The molecule has 3 rings (SSSR count). The van der Waals surface area contributed by atoms with Gasteiger partial charge in [-0.2, -0.15) is 5.10 Å². The van der Waals surface area contributed by atoms with Crippen LogP contribution in [0.15, 0.2) is 36.7 Å². The van der Waals surface area contributed by atoms with Gasteiger partial charge in [0.25, 0.3) is 0 Å². The first-order valence-corrected chi connectivity index (χ1v) is 6.64. The predicted molar refractivity (Wildman–Crippen MR) is 72.4 cm³/mol. The lowest BCUT2D eigenvalue weighted by Crippen LogP contribution is -2.48. The Morgan fingerprint density at radius 3 is 2.79 bits per heavy atom. The summed E-state index contributed by atoms with van der Waals surface area (Å²) in [5, 5.41) is 4.35. The Morgan fingerprint density at radius 1 is 1.37 bits per heavy atom. The van der Waals surface area contributed by atoms with E-state index in [1.54, 1.807) is 12.1 Å². The minimum absolute atomic E-state index is 0.163. The summed E-state index contributed by atoms with van der Waals surface area (Å²) in [6.07, 6.45) is 3.97. The first-order valence-electron chi connectivity index (χ1n) is 6.64. The molecule has 0 spiro atoms. The fraction of sp³-hybridized carbons (Fsp3) is 0.400. The Kier molecular flexibility index (Phi) is 3.11. The molecule has 1 saturated heterocycles. The standard InChI is InChI=1S/C15H18FN3/c1-11-7-17-19(8-11)15-9-18(10-15)12(2)13-4-3-5-14(16)6-13/h3-8,12,15H,9-10H2,1-2H3/t12-/m0/s1. The van der Waals surface area contributed by atoms with Crippen molar-refractivity contribution >= 4 is 0 Å². The highest BCUT2D eigenvalue weighted by atomic mass is 19.1. The van der Waals surface area contributed by atoms with Crippen LogP contribution >= 0.6 is 0 Å². The zero-order chi connectivity index (χ0) is 13.4. The molecule has 2 aromatic rings. The van der Waals surface area contributed by atoms with Gasteiger partial charge in [-0.3, -0.25) is 9.58 Å². The van der Waals surface area contributed by atoms with Gasteiger partial charge in [-0.15, -0.1) is 0 Å². The number of likely N-dealkylation sites (tertiary alicyclic amines) is 1. The molecule has 1 aliphatic heterocycles. The summed E-state index contributed by atoms with van der Waals surface area (Å²) < 4.78 is 15.3. The maximum absolute atomic E-state index is 13.2. The van der Waals surface area contributed by atoms with Crippen LogP contribution in [-0.2, 0) is 0 Å². The Hall–Kier alpha value is -1.68. The predicted octanol–water partition coefficient (Wildman–Crippen LogP) is 2.95. The van der Waals surface area contributed by atoms with Crippen LogP contribution in [0.25, 0.3) is 0 Å². The van der Waals surface area contributed by atoms with E-state index in [0.29, 0.717) is 6.04 Å². The lowest BCUT2D eigenvalue weighted by atomic mass is 10.0. The van der Waals surface area contributed by atoms with Gasteiger partial charge < -0.3 is 0 Å². The van der Waals surface area contributed by atoms with Gasteiger partial charge in [-0.1, -0.05) is 12.1 Å². The van der Waals surface area contributed by atoms with Gasteiger partial charge in [0.05, 0.1) is 12.2 Å². The fourth-order valence-corrected chi connectivity index (χ4v) is 2.58. The molecule has 3 nitrogen and oxygen atoms in total. The van der Waals surface area contributed by atoms with Gasteiger partial charge in [-0.05, 0) is 37.1 Å². The van der Waals surface area contributed by atoms with Crippen molar-refractivity contribution in [2.45, 2.75) is 25.9 Å². The van der Waals surface area contributed by atoms with Crippen molar-refractivity contribution in [3.8, 4) is 0 Å². The quantitative estimate of drug-likeness (QED) is 0.845. The lowest BCUT2D eigenvalue weighted by Gasteiger charge is -2.43. The van der Waals surface area contributed by atoms with E-state index in [0.717, 1.165) is 18.7 Å². The molecule has 1 aromatic heterocycles. The van der Waals surface area contributed by atoms with Crippen molar-refractivity contribution in [1.82, 2.24) is 14.7 Å². The van der Waals surface area contributed by atoms with E-state index >= 15 is 0 Å². The third kappa shape index (κ3) is 2.40. The third-order valence-corrected chi connectivity index (χ3v) is 3.87. The SMILES string of the molecule is Cc1cnn(C2CN([C@@H](C)c3cccc(F)c3)C2)c1. The molecular formula is C15H18FN3. The lowest BCUT2D eigenvalue weighted by molar-refractivity contribution is 0.0595. The van der Waals surface area contributed by atoms with Crippen LogP contribution in [0.1, 0.15) is 30.1 Å². The summed E-state index contributed by atoms with van der Waals surface area (Å²) in [5.41, 5.74) is 2.23. The number of nitrogens with zero attached hydrogens (tertiary/aromatic N) is 3. The molecule has 0 aliphatic carbocycles. The van der Waals surface area contributed by atoms with E-state index in [1.807, 2.05) is 16.9 Å². The van der Waals surface area contributed by atoms with E-state index < -0.39 is 0 Å². The highest BCUT2D eigenvalue weighted by Gasteiger charge is 2.32. The normalized spacial score (nSPS) is 18.3. The second kappa shape index (κ2) is 4.78. The molecule has 0 amide bonds. The van der Waals surface area contributed by atoms with Gasteiger partial charge >= 0.3 is 0 Å². The highest BCUT2D eigenvalue weighted by molar-refractivity contribution is 5.20. The molecule has 2 heterocycles. The van der Waals surface area contributed by atoms with Crippen molar-refractivity contribution in [2.75, 3.05) is 13.1 Å². The Labute approximate surface area is 112 Å². The Bertz CT molecular complexity index is 572. The van der Waals surface area contributed by atoms with Crippen LogP contribution < -0.4 is 0 Å². The monoisotopic (exact) mass is 259 g/mol. The summed E-state index contributed by atoms with van der Waals surface area (Å²) in [6, 6.07) is 7.57. The zero-order valence-corrected chi connectivity index (χ0v) is 11.3. The van der Waals surface area contributed by atoms with E-state index in [1.165, 1.54) is 11.6 Å². The van der Waals surface area contributed by atoms with Crippen LogP contribution in [0.3, 0.4) is 0 Å². The van der Waals surface area contributed by atoms with Gasteiger partial charge in [0.15, 0.2) is 0 Å². The van der Waals surface area contributed by atoms with Crippen molar-refractivity contribution in [3.05, 3.63) is 53.6 Å². The highest BCUT2D eigenvalue weighted by Crippen LogP contribution is 2.30. The maximum Gasteiger partial charge on any atom is 0.123 e. The molecule has 0 bridgehead atoms. The summed E-state index contributed by atoms with van der Waals surface area (Å²) in [5.74, 6) is -0.163. The minimum Gasteiger partial charge on any atom is -0.292 e. The van der Waals surface area contributed by atoms with E-state index in [-0.39, 0.29) is 11.9 Å². The van der Waals surface area contributed by atoms with Crippen LogP contribution in [0.5, 0.6) is 0 Å². The van der Waals surface area contributed by atoms with Crippen LogP contribution in [-0.4, -0.2) is 27.8 Å². The molecule has 0 N–H and O–H groups in total. The number of hydrogen-bond acceptors (Lipinski definition) is 2. The van der Waals surface area contributed by atoms with Gasteiger partial charge in [-0.25, -0.2) is 4.39 Å². The molecule has 0 saturated carbocycles. The number of benzene rings is 1. The van der Waals surface area contributed by atoms with E-state index in [2.05, 4.69) is 30.0 Å². The number of hydrogen-bond donors (Lipinski definition) is 0. The third-order valence-electron chi connectivity index (χ3n) is 3.87. The Morgan fingerprint density at radius 2 is 2.16 bits per heavy atom.